The summed E-state index contributed by atoms with van der Waals surface area (Å²) in [5, 5.41) is 12.3. The minimum atomic E-state index is -0.668. The molecule has 1 aliphatic heterocycles. The molecule has 170 valence electrons. The van der Waals surface area contributed by atoms with Crippen molar-refractivity contribution in [2.24, 2.45) is 0 Å². The average molecular weight is 470 g/mol. The van der Waals surface area contributed by atoms with Crippen molar-refractivity contribution in [2.45, 2.75) is 19.4 Å². The minimum Gasteiger partial charge on any atom is -0.481 e. The van der Waals surface area contributed by atoms with E-state index in [1.54, 1.807) is 13.0 Å². The third-order valence-electron chi connectivity index (χ3n) is 5.52. The predicted molar refractivity (Wildman–Crippen MR) is 123 cm³/mol. The summed E-state index contributed by atoms with van der Waals surface area (Å²) in [6, 6.07) is 12.9. The first-order valence-electron chi connectivity index (χ1n) is 10.2. The van der Waals surface area contributed by atoms with Gasteiger partial charge < -0.3 is 20.1 Å². The number of hydrogen-bond acceptors (Lipinski definition) is 5. The monoisotopic (exact) mass is 469 g/mol. The third kappa shape index (κ3) is 4.27. The number of halogens is 2. The molecule has 0 saturated carbocycles. The van der Waals surface area contributed by atoms with E-state index in [4.69, 9.17) is 16.3 Å². The second-order valence-corrected chi connectivity index (χ2v) is 8.00. The van der Waals surface area contributed by atoms with Crippen LogP contribution in [0.4, 0.5) is 15.8 Å². The standard InChI is InChI=1S/C24H21ClFN3O4/c1-13-16-5-3-4-6-17(16)22-20(9-14(12-30)23(28-22)33-2)29(24(13)32)11-21(31)27-15-7-8-18(25)19(26)10-15/h3-10,13,30H,11-12H2,1-2H3,(H,27,31). The number of carbonyl (C=O) groups excluding carboxylic acids is 2. The van der Waals surface area contributed by atoms with Gasteiger partial charge in [0, 0.05) is 16.8 Å². The molecule has 0 spiro atoms. The summed E-state index contributed by atoms with van der Waals surface area (Å²) in [4.78, 5) is 32.2. The number of methoxy groups -OCH3 is 1. The summed E-state index contributed by atoms with van der Waals surface area (Å²) in [5.41, 5.74) is 2.92. The Morgan fingerprint density at radius 3 is 2.73 bits per heavy atom. The van der Waals surface area contributed by atoms with Crippen molar-refractivity contribution in [3.05, 3.63) is 70.5 Å². The summed E-state index contributed by atoms with van der Waals surface area (Å²) in [6.45, 7) is 1.06. The van der Waals surface area contributed by atoms with Gasteiger partial charge in [-0.1, -0.05) is 35.9 Å². The molecule has 0 aliphatic carbocycles. The number of nitrogens with one attached hydrogen (secondary N) is 1. The molecule has 2 aromatic carbocycles. The number of hydrogen-bond donors (Lipinski definition) is 2. The first-order valence-corrected chi connectivity index (χ1v) is 10.6. The number of aromatic nitrogens is 1. The summed E-state index contributed by atoms with van der Waals surface area (Å²) in [5.74, 6) is -1.84. The van der Waals surface area contributed by atoms with Gasteiger partial charge in [0.15, 0.2) is 0 Å². The number of fused-ring (bicyclic) bond motifs is 3. The number of nitrogens with zero attached hydrogens (tertiary/aromatic N) is 2. The lowest BCUT2D eigenvalue weighted by Crippen LogP contribution is -2.40. The number of benzene rings is 2. The van der Waals surface area contributed by atoms with E-state index in [9.17, 15) is 19.1 Å². The number of pyridine rings is 1. The zero-order chi connectivity index (χ0) is 23.7. The first kappa shape index (κ1) is 22.7. The van der Waals surface area contributed by atoms with Gasteiger partial charge in [-0.2, -0.15) is 0 Å². The van der Waals surface area contributed by atoms with Crippen molar-refractivity contribution >= 4 is 34.8 Å². The number of aliphatic hydroxyl groups is 1. The van der Waals surface area contributed by atoms with Crippen LogP contribution in [-0.4, -0.2) is 35.6 Å². The zero-order valence-electron chi connectivity index (χ0n) is 17.9. The lowest BCUT2D eigenvalue weighted by atomic mass is 9.94. The molecule has 0 radical (unpaired) electrons. The molecule has 1 aliphatic rings. The SMILES string of the molecule is COc1nc2c(cc1CO)N(CC(=O)Nc1ccc(Cl)c(F)c1)C(=O)C(C)c1ccccc1-2. The van der Waals surface area contributed by atoms with E-state index >= 15 is 0 Å². The highest BCUT2D eigenvalue weighted by Gasteiger charge is 2.34. The molecule has 33 heavy (non-hydrogen) atoms. The normalized spacial score (nSPS) is 14.9. The van der Waals surface area contributed by atoms with E-state index in [-0.39, 0.29) is 35.6 Å². The highest BCUT2D eigenvalue weighted by atomic mass is 35.5. The fourth-order valence-electron chi connectivity index (χ4n) is 3.88. The molecule has 7 nitrogen and oxygen atoms in total. The van der Waals surface area contributed by atoms with Crippen molar-refractivity contribution in [3.63, 3.8) is 0 Å². The van der Waals surface area contributed by atoms with E-state index < -0.39 is 17.6 Å². The van der Waals surface area contributed by atoms with Crippen LogP contribution in [0, 0.1) is 5.82 Å². The van der Waals surface area contributed by atoms with Gasteiger partial charge in [0.25, 0.3) is 0 Å². The average Bonchev–Trinajstić information content (AvgIpc) is 2.90. The number of amides is 2. The third-order valence-corrected chi connectivity index (χ3v) is 5.83. The Morgan fingerprint density at radius 2 is 2.03 bits per heavy atom. The Hall–Kier alpha value is -3.49. The maximum absolute atomic E-state index is 13.8. The number of ether oxygens (including phenoxy) is 1. The number of aliphatic hydroxyl groups excluding tert-OH is 1. The first-order chi connectivity index (χ1) is 15.8. The van der Waals surface area contributed by atoms with Crippen LogP contribution >= 0.6 is 11.6 Å². The van der Waals surface area contributed by atoms with Crippen LogP contribution in [0.5, 0.6) is 5.88 Å². The molecule has 9 heteroatoms. The van der Waals surface area contributed by atoms with Crippen molar-refractivity contribution < 1.29 is 23.8 Å². The van der Waals surface area contributed by atoms with E-state index in [0.29, 0.717) is 16.9 Å². The van der Waals surface area contributed by atoms with Gasteiger partial charge in [-0.15, -0.1) is 0 Å². The molecule has 0 bridgehead atoms. The maximum Gasteiger partial charge on any atom is 0.244 e. The van der Waals surface area contributed by atoms with Crippen LogP contribution in [0.2, 0.25) is 5.02 Å². The van der Waals surface area contributed by atoms with Gasteiger partial charge in [-0.3, -0.25) is 9.59 Å². The van der Waals surface area contributed by atoms with Crippen molar-refractivity contribution in [2.75, 3.05) is 23.9 Å². The van der Waals surface area contributed by atoms with Crippen LogP contribution in [0.3, 0.4) is 0 Å². The Kier molecular flexibility index (Phi) is 6.31. The molecule has 2 amide bonds. The van der Waals surface area contributed by atoms with Gasteiger partial charge >= 0.3 is 0 Å². The van der Waals surface area contributed by atoms with Crippen molar-refractivity contribution in [1.29, 1.82) is 0 Å². The Morgan fingerprint density at radius 1 is 1.27 bits per heavy atom. The van der Waals surface area contributed by atoms with Gasteiger partial charge in [0.05, 0.1) is 36.0 Å². The maximum atomic E-state index is 13.8. The number of carbonyl (C=O) groups is 2. The van der Waals surface area contributed by atoms with Crippen molar-refractivity contribution in [1.82, 2.24) is 4.98 Å². The molecule has 0 fully saturated rings. The van der Waals surface area contributed by atoms with E-state index in [1.807, 2.05) is 24.3 Å². The lowest BCUT2D eigenvalue weighted by molar-refractivity contribution is -0.122. The number of anilines is 2. The molecule has 1 atom stereocenters. The zero-order valence-corrected chi connectivity index (χ0v) is 18.7. The second kappa shape index (κ2) is 9.17. The molecular formula is C24H21ClFN3O4. The molecule has 1 unspecified atom stereocenters. The Bertz CT molecular complexity index is 1250. The molecule has 3 aromatic rings. The Labute approximate surface area is 194 Å². The van der Waals surface area contributed by atoms with Crippen molar-refractivity contribution in [3.8, 4) is 17.1 Å². The van der Waals surface area contributed by atoms with Gasteiger partial charge in [-0.05, 0) is 36.8 Å². The Balaban J connectivity index is 1.77. The molecule has 0 saturated heterocycles. The highest BCUT2D eigenvalue weighted by Crippen LogP contribution is 2.41. The quantitative estimate of drug-likeness (QED) is 0.586. The van der Waals surface area contributed by atoms with E-state index in [0.717, 1.165) is 17.2 Å². The van der Waals surface area contributed by atoms with Crippen LogP contribution in [0.25, 0.3) is 11.3 Å². The number of rotatable bonds is 5. The summed E-state index contributed by atoms with van der Waals surface area (Å²) < 4.78 is 19.1. The summed E-state index contributed by atoms with van der Waals surface area (Å²) in [7, 11) is 1.45. The molecule has 4 rings (SSSR count). The summed E-state index contributed by atoms with van der Waals surface area (Å²) >= 11 is 5.70. The molecule has 1 aromatic heterocycles. The minimum absolute atomic E-state index is 0.0623. The van der Waals surface area contributed by atoms with Crippen LogP contribution < -0.4 is 15.0 Å². The highest BCUT2D eigenvalue weighted by molar-refractivity contribution is 6.30. The van der Waals surface area contributed by atoms with E-state index in [1.165, 1.54) is 24.1 Å². The predicted octanol–water partition coefficient (Wildman–Crippen LogP) is 4.13. The van der Waals surface area contributed by atoms with Crippen LogP contribution in [-0.2, 0) is 16.2 Å². The molecular weight excluding hydrogens is 449 g/mol. The van der Waals surface area contributed by atoms with Gasteiger partial charge in [-0.25, -0.2) is 9.37 Å². The van der Waals surface area contributed by atoms with Crippen LogP contribution in [0.15, 0.2) is 48.5 Å². The smallest absolute Gasteiger partial charge is 0.244 e. The second-order valence-electron chi connectivity index (χ2n) is 7.59. The van der Waals surface area contributed by atoms with Gasteiger partial charge in [0.1, 0.15) is 12.4 Å². The van der Waals surface area contributed by atoms with Crippen LogP contribution in [0.1, 0.15) is 24.0 Å². The fourth-order valence-corrected chi connectivity index (χ4v) is 3.99. The topological polar surface area (TPSA) is 91.8 Å². The van der Waals surface area contributed by atoms with E-state index in [2.05, 4.69) is 10.3 Å². The fraction of sp³-hybridized carbons (Fsp3) is 0.208. The molecule has 2 heterocycles. The summed E-state index contributed by atoms with van der Waals surface area (Å²) in [6.07, 6.45) is 0. The van der Waals surface area contributed by atoms with Gasteiger partial charge in [0.2, 0.25) is 17.7 Å². The lowest BCUT2D eigenvalue weighted by Gasteiger charge is -2.25. The molecule has 2 N–H and O–H groups in total. The largest absolute Gasteiger partial charge is 0.481 e.